The zero-order valence-corrected chi connectivity index (χ0v) is 10.5. The topological polar surface area (TPSA) is 53.2 Å². The van der Waals surface area contributed by atoms with Gasteiger partial charge in [0.25, 0.3) is 0 Å². The Kier molecular flexibility index (Phi) is 3.61. The van der Waals surface area contributed by atoms with Crippen LogP contribution in [0.5, 0.6) is 17.2 Å². The molecule has 1 N–H and O–H groups in total. The van der Waals surface area contributed by atoms with Gasteiger partial charge in [-0.05, 0) is 30.3 Å². The molecule has 0 amide bonds. The quantitative estimate of drug-likeness (QED) is 0.889. The lowest BCUT2D eigenvalue weighted by molar-refractivity contribution is 0.455. The summed E-state index contributed by atoms with van der Waals surface area (Å²) in [6, 6.07) is 11.2. The Morgan fingerprint density at radius 3 is 2.56 bits per heavy atom. The summed E-state index contributed by atoms with van der Waals surface area (Å²) in [5.41, 5.74) is 0.317. The SMILES string of the molecule is N#Cc1cc(Cl)ccc1Oc1ccc(Cl)c(O)c1. The molecule has 0 aliphatic rings. The molecule has 2 aromatic rings. The van der Waals surface area contributed by atoms with Crippen LogP contribution in [0.15, 0.2) is 36.4 Å². The first-order valence-corrected chi connectivity index (χ1v) is 5.72. The third kappa shape index (κ3) is 2.67. The third-order valence-electron chi connectivity index (χ3n) is 2.21. The summed E-state index contributed by atoms with van der Waals surface area (Å²) in [6.07, 6.45) is 0. The van der Waals surface area contributed by atoms with Crippen LogP contribution >= 0.6 is 23.2 Å². The van der Waals surface area contributed by atoms with Gasteiger partial charge in [-0.25, -0.2) is 0 Å². The van der Waals surface area contributed by atoms with Gasteiger partial charge < -0.3 is 9.84 Å². The fourth-order valence-corrected chi connectivity index (χ4v) is 1.65. The zero-order valence-electron chi connectivity index (χ0n) is 9.02. The van der Waals surface area contributed by atoms with Crippen molar-refractivity contribution in [2.24, 2.45) is 0 Å². The normalized spacial score (nSPS) is 9.83. The Labute approximate surface area is 114 Å². The Hall–Kier alpha value is -1.89. The van der Waals surface area contributed by atoms with Gasteiger partial charge in [0.05, 0.1) is 10.6 Å². The monoisotopic (exact) mass is 279 g/mol. The Morgan fingerprint density at radius 1 is 1.11 bits per heavy atom. The fraction of sp³-hybridized carbons (Fsp3) is 0. The van der Waals surface area contributed by atoms with Crippen LogP contribution in [-0.4, -0.2) is 5.11 Å². The Morgan fingerprint density at radius 2 is 1.89 bits per heavy atom. The molecule has 0 saturated heterocycles. The first kappa shape index (κ1) is 12.6. The predicted octanol–water partition coefficient (Wildman–Crippen LogP) is 4.36. The molecule has 0 aliphatic heterocycles. The van der Waals surface area contributed by atoms with Gasteiger partial charge in [-0.15, -0.1) is 0 Å². The van der Waals surface area contributed by atoms with Gasteiger partial charge >= 0.3 is 0 Å². The predicted molar refractivity (Wildman–Crippen MR) is 69.4 cm³/mol. The van der Waals surface area contributed by atoms with Crippen LogP contribution in [0, 0.1) is 11.3 Å². The van der Waals surface area contributed by atoms with E-state index in [9.17, 15) is 5.11 Å². The van der Waals surface area contributed by atoms with E-state index in [1.807, 2.05) is 6.07 Å². The van der Waals surface area contributed by atoms with Crippen molar-refractivity contribution < 1.29 is 9.84 Å². The summed E-state index contributed by atoms with van der Waals surface area (Å²) in [4.78, 5) is 0. The zero-order chi connectivity index (χ0) is 13.1. The molecular weight excluding hydrogens is 273 g/mol. The van der Waals surface area contributed by atoms with Crippen LogP contribution in [0.1, 0.15) is 5.56 Å². The molecule has 0 aliphatic carbocycles. The fourth-order valence-electron chi connectivity index (χ4n) is 1.36. The van der Waals surface area contributed by atoms with E-state index in [4.69, 9.17) is 33.2 Å². The van der Waals surface area contributed by atoms with E-state index in [1.165, 1.54) is 18.2 Å². The lowest BCUT2D eigenvalue weighted by Crippen LogP contribution is -1.88. The van der Waals surface area contributed by atoms with Crippen molar-refractivity contribution in [2.45, 2.75) is 0 Å². The second kappa shape index (κ2) is 5.18. The van der Waals surface area contributed by atoms with E-state index in [0.717, 1.165) is 0 Å². The number of benzene rings is 2. The maximum atomic E-state index is 9.45. The molecule has 0 aromatic heterocycles. The van der Waals surface area contributed by atoms with Crippen LogP contribution < -0.4 is 4.74 Å². The number of phenols is 1. The molecule has 0 fully saturated rings. The molecule has 0 unspecified atom stereocenters. The summed E-state index contributed by atoms with van der Waals surface area (Å²) >= 11 is 11.5. The van der Waals surface area contributed by atoms with E-state index in [0.29, 0.717) is 22.1 Å². The molecule has 0 radical (unpaired) electrons. The highest BCUT2D eigenvalue weighted by atomic mass is 35.5. The van der Waals surface area contributed by atoms with E-state index >= 15 is 0 Å². The van der Waals surface area contributed by atoms with Crippen LogP contribution in [0.4, 0.5) is 0 Å². The minimum atomic E-state index is -0.0818. The second-order valence-electron chi connectivity index (χ2n) is 3.47. The van der Waals surface area contributed by atoms with E-state index in [2.05, 4.69) is 0 Å². The maximum absolute atomic E-state index is 9.45. The summed E-state index contributed by atoms with van der Waals surface area (Å²) in [7, 11) is 0. The van der Waals surface area contributed by atoms with E-state index in [1.54, 1.807) is 18.2 Å². The molecular formula is C13H7Cl2NO2. The summed E-state index contributed by atoms with van der Waals surface area (Å²) in [6.45, 7) is 0. The maximum Gasteiger partial charge on any atom is 0.145 e. The Bertz CT molecular complexity index is 635. The number of nitrogens with zero attached hydrogens (tertiary/aromatic N) is 1. The minimum absolute atomic E-state index is 0.0818. The number of ether oxygens (including phenoxy) is 1. The first-order valence-electron chi connectivity index (χ1n) is 4.96. The molecule has 2 rings (SSSR count). The lowest BCUT2D eigenvalue weighted by Gasteiger charge is -2.08. The van der Waals surface area contributed by atoms with Crippen molar-refractivity contribution in [1.29, 1.82) is 5.26 Å². The number of aromatic hydroxyl groups is 1. The summed E-state index contributed by atoms with van der Waals surface area (Å²) in [5.74, 6) is 0.668. The minimum Gasteiger partial charge on any atom is -0.506 e. The van der Waals surface area contributed by atoms with Crippen LogP contribution in [0.2, 0.25) is 10.0 Å². The van der Waals surface area contributed by atoms with Crippen molar-refractivity contribution in [1.82, 2.24) is 0 Å². The Balaban J connectivity index is 2.34. The van der Waals surface area contributed by atoms with Gasteiger partial charge in [-0.1, -0.05) is 23.2 Å². The van der Waals surface area contributed by atoms with Gasteiger partial charge in [0.1, 0.15) is 23.3 Å². The average molecular weight is 280 g/mol. The number of hydrogen-bond acceptors (Lipinski definition) is 3. The van der Waals surface area contributed by atoms with Crippen LogP contribution in [0.3, 0.4) is 0 Å². The van der Waals surface area contributed by atoms with Crippen LogP contribution in [0.25, 0.3) is 0 Å². The van der Waals surface area contributed by atoms with E-state index < -0.39 is 0 Å². The smallest absolute Gasteiger partial charge is 0.145 e. The number of nitriles is 1. The number of hydrogen-bond donors (Lipinski definition) is 1. The molecule has 18 heavy (non-hydrogen) atoms. The highest BCUT2D eigenvalue weighted by molar-refractivity contribution is 6.32. The molecule has 0 spiro atoms. The van der Waals surface area contributed by atoms with Gasteiger partial charge in [0.2, 0.25) is 0 Å². The molecule has 0 bridgehead atoms. The standard InChI is InChI=1S/C13H7Cl2NO2/c14-9-1-4-13(8(5-9)7-16)18-10-2-3-11(15)12(17)6-10/h1-6,17H. The largest absolute Gasteiger partial charge is 0.506 e. The molecule has 0 atom stereocenters. The van der Waals surface area contributed by atoms with Crippen molar-refractivity contribution in [2.75, 3.05) is 0 Å². The van der Waals surface area contributed by atoms with Crippen molar-refractivity contribution >= 4 is 23.2 Å². The lowest BCUT2D eigenvalue weighted by atomic mass is 10.2. The summed E-state index contributed by atoms with van der Waals surface area (Å²) in [5, 5.41) is 19.1. The average Bonchev–Trinajstić information content (AvgIpc) is 2.36. The molecule has 0 saturated carbocycles. The van der Waals surface area contributed by atoms with Gasteiger partial charge in [0.15, 0.2) is 0 Å². The van der Waals surface area contributed by atoms with E-state index in [-0.39, 0.29) is 10.8 Å². The molecule has 3 nitrogen and oxygen atoms in total. The number of rotatable bonds is 2. The number of halogens is 2. The van der Waals surface area contributed by atoms with Crippen LogP contribution in [-0.2, 0) is 0 Å². The first-order chi connectivity index (χ1) is 8.60. The van der Waals surface area contributed by atoms with Crippen molar-refractivity contribution in [3.05, 3.63) is 52.0 Å². The molecule has 2 aromatic carbocycles. The molecule has 5 heteroatoms. The molecule has 0 heterocycles. The van der Waals surface area contributed by atoms with Gasteiger partial charge in [-0.2, -0.15) is 5.26 Å². The summed E-state index contributed by atoms with van der Waals surface area (Å²) < 4.78 is 5.49. The van der Waals surface area contributed by atoms with Crippen molar-refractivity contribution in [3.63, 3.8) is 0 Å². The third-order valence-corrected chi connectivity index (χ3v) is 2.76. The van der Waals surface area contributed by atoms with Gasteiger partial charge in [-0.3, -0.25) is 0 Å². The number of phenolic OH excluding ortho intramolecular Hbond substituents is 1. The molecule has 90 valence electrons. The van der Waals surface area contributed by atoms with Crippen molar-refractivity contribution in [3.8, 4) is 23.3 Å². The second-order valence-corrected chi connectivity index (χ2v) is 4.31. The highest BCUT2D eigenvalue weighted by Gasteiger charge is 2.07. The highest BCUT2D eigenvalue weighted by Crippen LogP contribution is 2.32. The van der Waals surface area contributed by atoms with Gasteiger partial charge in [0, 0.05) is 11.1 Å².